The molecule has 2 aromatic rings. The van der Waals surface area contributed by atoms with Gasteiger partial charge in [0.1, 0.15) is 17.5 Å². The third kappa shape index (κ3) is 6.86. The summed E-state index contributed by atoms with van der Waals surface area (Å²) >= 11 is 0. The number of amides is 1. The summed E-state index contributed by atoms with van der Waals surface area (Å²) in [6.07, 6.45) is -4.86. The first-order valence-electron chi connectivity index (χ1n) is 9.26. The van der Waals surface area contributed by atoms with E-state index in [0.29, 0.717) is 17.7 Å². The predicted molar refractivity (Wildman–Crippen MR) is 107 cm³/mol. The van der Waals surface area contributed by atoms with Gasteiger partial charge in [0.25, 0.3) is 5.69 Å². The minimum atomic E-state index is -4.73. The minimum absolute atomic E-state index is 0.0378. The van der Waals surface area contributed by atoms with Crippen LogP contribution in [0.15, 0.2) is 42.5 Å². The highest BCUT2D eigenvalue weighted by Crippen LogP contribution is 2.34. The van der Waals surface area contributed by atoms with Crippen LogP contribution in [0.5, 0.6) is 5.75 Å². The van der Waals surface area contributed by atoms with Gasteiger partial charge < -0.3 is 20.5 Å². The fraction of sp³-hybridized carbons (Fsp3) is 0.300. The van der Waals surface area contributed by atoms with E-state index in [1.165, 1.54) is 12.1 Å². The summed E-state index contributed by atoms with van der Waals surface area (Å²) < 4.78 is 43.0. The molecule has 1 amide bonds. The standard InChI is InChI=1S/C20H20F3N3O6/c1-32-19(29)16(10-12-2-5-14(27)6-3-12)25-18(28)8-9-24-15-7-4-13(20(21,22)23)11-17(15)26(30)31/h2-7,11,16,24,27H,8-10H2,1H3,(H,25,28)/t16-/m1/s1. The quantitative estimate of drug-likeness (QED) is 0.301. The van der Waals surface area contributed by atoms with E-state index in [1.54, 1.807) is 12.1 Å². The molecule has 0 aliphatic heterocycles. The number of benzene rings is 2. The van der Waals surface area contributed by atoms with Crippen LogP contribution in [0.4, 0.5) is 24.5 Å². The van der Waals surface area contributed by atoms with Crippen molar-refractivity contribution in [2.45, 2.75) is 25.1 Å². The number of esters is 1. The number of carbonyl (C=O) groups is 2. The van der Waals surface area contributed by atoms with Crippen molar-refractivity contribution in [3.05, 3.63) is 63.7 Å². The molecule has 0 aromatic heterocycles. The van der Waals surface area contributed by atoms with Gasteiger partial charge >= 0.3 is 12.1 Å². The van der Waals surface area contributed by atoms with Crippen molar-refractivity contribution in [1.29, 1.82) is 0 Å². The van der Waals surface area contributed by atoms with Gasteiger partial charge in [-0.05, 0) is 29.8 Å². The first-order valence-corrected chi connectivity index (χ1v) is 9.26. The lowest BCUT2D eigenvalue weighted by atomic mass is 10.1. The fourth-order valence-corrected chi connectivity index (χ4v) is 2.79. The second-order valence-electron chi connectivity index (χ2n) is 6.68. The Bertz CT molecular complexity index is 980. The number of carbonyl (C=O) groups excluding carboxylic acids is 2. The highest BCUT2D eigenvalue weighted by Gasteiger charge is 2.33. The number of hydrogen-bond acceptors (Lipinski definition) is 7. The lowest BCUT2D eigenvalue weighted by Crippen LogP contribution is -2.43. The SMILES string of the molecule is COC(=O)[C@@H](Cc1ccc(O)cc1)NC(=O)CCNc1ccc(C(F)(F)F)cc1[N+](=O)[O-]. The van der Waals surface area contributed by atoms with Crippen LogP contribution in [0.2, 0.25) is 0 Å². The second kappa shape index (κ2) is 10.5. The Morgan fingerprint density at radius 1 is 1.19 bits per heavy atom. The van der Waals surface area contributed by atoms with E-state index < -0.39 is 40.3 Å². The number of aromatic hydroxyl groups is 1. The normalized spacial score (nSPS) is 12.0. The number of nitrogens with one attached hydrogen (secondary N) is 2. The summed E-state index contributed by atoms with van der Waals surface area (Å²) in [5, 5.41) is 25.5. The Labute approximate surface area is 180 Å². The largest absolute Gasteiger partial charge is 0.508 e. The maximum absolute atomic E-state index is 12.8. The molecule has 3 N–H and O–H groups in total. The lowest BCUT2D eigenvalue weighted by molar-refractivity contribution is -0.384. The van der Waals surface area contributed by atoms with Crippen molar-refractivity contribution in [3.63, 3.8) is 0 Å². The summed E-state index contributed by atoms with van der Waals surface area (Å²) in [6, 6.07) is 7.00. The van der Waals surface area contributed by atoms with Crippen LogP contribution in [0.3, 0.4) is 0 Å². The number of methoxy groups -OCH3 is 1. The van der Waals surface area contributed by atoms with Crippen LogP contribution >= 0.6 is 0 Å². The van der Waals surface area contributed by atoms with E-state index in [1.807, 2.05) is 0 Å². The van der Waals surface area contributed by atoms with Crippen LogP contribution in [0, 0.1) is 10.1 Å². The molecule has 0 bridgehead atoms. The van der Waals surface area contributed by atoms with Gasteiger partial charge in [-0.2, -0.15) is 13.2 Å². The maximum atomic E-state index is 12.8. The molecule has 0 radical (unpaired) electrons. The summed E-state index contributed by atoms with van der Waals surface area (Å²) in [4.78, 5) is 34.4. The van der Waals surface area contributed by atoms with Gasteiger partial charge in [-0.3, -0.25) is 14.9 Å². The third-order valence-electron chi connectivity index (χ3n) is 4.39. The summed E-state index contributed by atoms with van der Waals surface area (Å²) in [7, 11) is 1.16. The first-order chi connectivity index (χ1) is 15.0. The molecular weight excluding hydrogens is 435 g/mol. The smallest absolute Gasteiger partial charge is 0.416 e. The van der Waals surface area contributed by atoms with Crippen LogP contribution in [-0.2, 0) is 26.9 Å². The number of nitro benzene ring substituents is 1. The van der Waals surface area contributed by atoms with Crippen LogP contribution in [0.1, 0.15) is 17.5 Å². The van der Waals surface area contributed by atoms with E-state index in [4.69, 9.17) is 0 Å². The maximum Gasteiger partial charge on any atom is 0.416 e. The molecule has 0 aliphatic carbocycles. The number of nitro groups is 1. The van der Waals surface area contributed by atoms with Crippen molar-refractivity contribution < 1.29 is 37.5 Å². The average molecular weight is 455 g/mol. The predicted octanol–water partition coefficient (Wildman–Crippen LogP) is 3.02. The van der Waals surface area contributed by atoms with E-state index in [2.05, 4.69) is 15.4 Å². The summed E-state index contributed by atoms with van der Waals surface area (Å²) in [5.41, 5.74) is -1.47. The molecule has 0 aliphatic rings. The Balaban J connectivity index is 1.99. The molecule has 0 unspecified atom stereocenters. The zero-order valence-corrected chi connectivity index (χ0v) is 16.8. The molecule has 0 spiro atoms. The molecule has 172 valence electrons. The number of rotatable bonds is 9. The first kappa shape index (κ1) is 24.4. The van der Waals surface area contributed by atoms with Crippen LogP contribution in [-0.4, -0.2) is 41.6 Å². The molecule has 0 heterocycles. The Morgan fingerprint density at radius 2 is 1.84 bits per heavy atom. The van der Waals surface area contributed by atoms with Gasteiger partial charge in [0.05, 0.1) is 17.6 Å². The topological polar surface area (TPSA) is 131 Å². The molecule has 12 heteroatoms. The van der Waals surface area contributed by atoms with Gasteiger partial charge in [-0.25, -0.2) is 4.79 Å². The highest BCUT2D eigenvalue weighted by atomic mass is 19.4. The monoisotopic (exact) mass is 455 g/mol. The molecule has 0 fully saturated rings. The number of phenolic OH excluding ortho intramolecular Hbond substituents is 1. The Hall–Kier alpha value is -3.83. The Morgan fingerprint density at radius 3 is 2.41 bits per heavy atom. The molecule has 0 saturated carbocycles. The van der Waals surface area contributed by atoms with Crippen molar-refractivity contribution in [1.82, 2.24) is 5.32 Å². The summed E-state index contributed by atoms with van der Waals surface area (Å²) in [5.74, 6) is -1.24. The third-order valence-corrected chi connectivity index (χ3v) is 4.39. The van der Waals surface area contributed by atoms with Crippen molar-refractivity contribution in [2.24, 2.45) is 0 Å². The highest BCUT2D eigenvalue weighted by molar-refractivity contribution is 5.85. The van der Waals surface area contributed by atoms with Crippen LogP contribution < -0.4 is 10.6 Å². The van der Waals surface area contributed by atoms with Crippen molar-refractivity contribution in [3.8, 4) is 5.75 Å². The van der Waals surface area contributed by atoms with Crippen LogP contribution in [0.25, 0.3) is 0 Å². The average Bonchev–Trinajstić information content (AvgIpc) is 2.73. The molecular formula is C20H20F3N3O6. The number of ether oxygens (including phenoxy) is 1. The van der Waals surface area contributed by atoms with Gasteiger partial charge in [0.15, 0.2) is 0 Å². The molecule has 2 aromatic carbocycles. The zero-order chi connectivity index (χ0) is 23.9. The molecule has 2 rings (SSSR count). The van der Waals surface area contributed by atoms with E-state index in [-0.39, 0.29) is 30.8 Å². The fourth-order valence-electron chi connectivity index (χ4n) is 2.79. The van der Waals surface area contributed by atoms with Gasteiger partial charge in [-0.1, -0.05) is 12.1 Å². The number of hydrogen-bond donors (Lipinski definition) is 3. The molecule has 1 atom stereocenters. The van der Waals surface area contributed by atoms with E-state index >= 15 is 0 Å². The number of halogens is 3. The number of nitrogens with zero attached hydrogens (tertiary/aromatic N) is 1. The Kier molecular flexibility index (Phi) is 7.99. The molecule has 0 saturated heterocycles. The van der Waals surface area contributed by atoms with E-state index in [9.17, 15) is 38.0 Å². The minimum Gasteiger partial charge on any atom is -0.508 e. The van der Waals surface area contributed by atoms with Crippen molar-refractivity contribution in [2.75, 3.05) is 19.0 Å². The molecule has 9 nitrogen and oxygen atoms in total. The van der Waals surface area contributed by atoms with Gasteiger partial charge in [0, 0.05) is 25.5 Å². The summed E-state index contributed by atoms with van der Waals surface area (Å²) in [6.45, 7) is -0.134. The van der Waals surface area contributed by atoms with Crippen molar-refractivity contribution >= 4 is 23.3 Å². The van der Waals surface area contributed by atoms with Gasteiger partial charge in [0.2, 0.25) is 5.91 Å². The van der Waals surface area contributed by atoms with E-state index in [0.717, 1.165) is 13.2 Å². The number of anilines is 1. The van der Waals surface area contributed by atoms with Gasteiger partial charge in [-0.15, -0.1) is 0 Å². The lowest BCUT2D eigenvalue weighted by Gasteiger charge is -2.17. The molecule has 32 heavy (non-hydrogen) atoms. The number of phenols is 1. The second-order valence-corrected chi connectivity index (χ2v) is 6.68. The zero-order valence-electron chi connectivity index (χ0n) is 16.8. The number of alkyl halides is 3.